The number of fused-ring (bicyclic) bond motifs is 1. The topological polar surface area (TPSA) is 93.5 Å². The second-order valence-corrected chi connectivity index (χ2v) is 9.90. The van der Waals surface area contributed by atoms with E-state index in [0.717, 1.165) is 36.5 Å². The van der Waals surface area contributed by atoms with Gasteiger partial charge >= 0.3 is 0 Å². The Bertz CT molecular complexity index is 1180. The maximum atomic E-state index is 12.5. The highest BCUT2D eigenvalue weighted by Crippen LogP contribution is 2.23. The van der Waals surface area contributed by atoms with E-state index in [-0.39, 0.29) is 17.2 Å². The van der Waals surface area contributed by atoms with Gasteiger partial charge in [0.05, 0.1) is 23.0 Å². The molecule has 0 fully saturated rings. The molecule has 0 unspecified atom stereocenters. The second-order valence-electron chi connectivity index (χ2n) is 7.75. The monoisotopic (exact) mass is 458 g/mol. The third-order valence-corrected chi connectivity index (χ3v) is 7.07. The van der Waals surface area contributed by atoms with Gasteiger partial charge in [-0.25, -0.2) is 17.7 Å². The van der Waals surface area contributed by atoms with Crippen LogP contribution < -0.4 is 10.1 Å². The first kappa shape index (κ1) is 23.7. The molecule has 1 aromatic heterocycles. The summed E-state index contributed by atoms with van der Waals surface area (Å²) < 4.78 is 33.4. The van der Waals surface area contributed by atoms with Gasteiger partial charge in [-0.1, -0.05) is 13.3 Å². The molecule has 0 atom stereocenters. The van der Waals surface area contributed by atoms with Crippen LogP contribution in [0, 0.1) is 0 Å². The number of nitrogens with one attached hydrogen (secondary N) is 1. The minimum atomic E-state index is -3.54. The van der Waals surface area contributed by atoms with Crippen molar-refractivity contribution in [1.29, 1.82) is 0 Å². The molecule has 1 amide bonds. The fraction of sp³-hybridized carbons (Fsp3) is 0.391. The molecule has 0 saturated carbocycles. The highest BCUT2D eigenvalue weighted by atomic mass is 32.2. The molecule has 3 rings (SSSR count). The number of amides is 1. The number of aryl methyl sites for hydroxylation is 2. The van der Waals surface area contributed by atoms with Crippen molar-refractivity contribution in [1.82, 2.24) is 13.9 Å². The molecule has 172 valence electrons. The van der Waals surface area contributed by atoms with Gasteiger partial charge in [0.2, 0.25) is 15.9 Å². The third-order valence-electron chi connectivity index (χ3n) is 5.26. The van der Waals surface area contributed by atoms with Crippen LogP contribution in [0.2, 0.25) is 0 Å². The zero-order valence-corrected chi connectivity index (χ0v) is 19.8. The number of anilines is 1. The molecule has 3 aromatic rings. The van der Waals surface area contributed by atoms with E-state index in [0.29, 0.717) is 17.6 Å². The van der Waals surface area contributed by atoms with Gasteiger partial charge in [-0.3, -0.25) is 4.79 Å². The molecule has 1 heterocycles. The van der Waals surface area contributed by atoms with Gasteiger partial charge in [0.25, 0.3) is 0 Å². The van der Waals surface area contributed by atoms with E-state index in [9.17, 15) is 13.2 Å². The van der Waals surface area contributed by atoms with Gasteiger partial charge in [0, 0.05) is 39.2 Å². The number of ether oxygens (including phenoxy) is 1. The van der Waals surface area contributed by atoms with E-state index >= 15 is 0 Å². The largest absolute Gasteiger partial charge is 0.497 e. The maximum Gasteiger partial charge on any atom is 0.242 e. The summed E-state index contributed by atoms with van der Waals surface area (Å²) in [6.45, 7) is 2.88. The van der Waals surface area contributed by atoms with Gasteiger partial charge in [-0.2, -0.15) is 0 Å². The third kappa shape index (κ3) is 5.28. The summed E-state index contributed by atoms with van der Waals surface area (Å²) in [4.78, 5) is 17.4. The Morgan fingerprint density at radius 3 is 2.50 bits per heavy atom. The molecule has 0 radical (unpaired) electrons. The minimum Gasteiger partial charge on any atom is -0.497 e. The van der Waals surface area contributed by atoms with Gasteiger partial charge in [0.1, 0.15) is 11.6 Å². The van der Waals surface area contributed by atoms with Gasteiger partial charge in [-0.05, 0) is 48.9 Å². The predicted octanol–water partition coefficient (Wildman–Crippen LogP) is 3.67. The summed E-state index contributed by atoms with van der Waals surface area (Å²) in [5, 5.41) is 2.88. The number of benzene rings is 2. The Labute approximate surface area is 189 Å². The summed E-state index contributed by atoms with van der Waals surface area (Å²) in [5.74, 6) is 1.39. The minimum absolute atomic E-state index is 0.111. The van der Waals surface area contributed by atoms with Crippen LogP contribution in [-0.2, 0) is 27.8 Å². The smallest absolute Gasteiger partial charge is 0.242 e. The van der Waals surface area contributed by atoms with Crippen molar-refractivity contribution in [2.75, 3.05) is 26.5 Å². The Kier molecular flexibility index (Phi) is 7.52. The lowest BCUT2D eigenvalue weighted by Crippen LogP contribution is -2.22. The van der Waals surface area contributed by atoms with E-state index in [1.807, 2.05) is 0 Å². The molecule has 32 heavy (non-hydrogen) atoms. The van der Waals surface area contributed by atoms with Crippen LogP contribution in [0.15, 0.2) is 47.4 Å². The average Bonchev–Trinajstić information content (AvgIpc) is 3.13. The first-order valence-corrected chi connectivity index (χ1v) is 12.1. The number of carbonyl (C=O) groups is 1. The maximum absolute atomic E-state index is 12.5. The molecule has 2 aromatic carbocycles. The lowest BCUT2D eigenvalue weighted by atomic mass is 10.2. The van der Waals surface area contributed by atoms with E-state index < -0.39 is 10.0 Å². The van der Waals surface area contributed by atoms with Gasteiger partial charge in [-0.15, -0.1) is 0 Å². The molecule has 1 N–H and O–H groups in total. The number of rotatable bonds is 10. The van der Waals surface area contributed by atoms with Crippen molar-refractivity contribution in [3.8, 4) is 5.75 Å². The fourth-order valence-electron chi connectivity index (χ4n) is 3.41. The highest BCUT2D eigenvalue weighted by Gasteiger charge is 2.20. The van der Waals surface area contributed by atoms with Crippen molar-refractivity contribution in [3.63, 3.8) is 0 Å². The fourth-order valence-corrected chi connectivity index (χ4v) is 4.33. The Hall–Kier alpha value is -2.91. The molecule has 0 saturated heterocycles. The number of nitrogens with zero attached hydrogens (tertiary/aromatic N) is 3. The van der Waals surface area contributed by atoms with Gasteiger partial charge in [0.15, 0.2) is 0 Å². The van der Waals surface area contributed by atoms with Crippen LogP contribution in [0.3, 0.4) is 0 Å². The standard InChI is InChI=1S/C23H30N4O4S/c1-5-6-15-27-21-12-11-19(32(29,30)26(2)3)16-20(21)25-22(27)13-14-23(28)24-17-7-9-18(31-4)10-8-17/h7-12,16H,5-6,13-15H2,1-4H3,(H,24,28). The highest BCUT2D eigenvalue weighted by molar-refractivity contribution is 7.89. The summed E-state index contributed by atoms with van der Waals surface area (Å²) in [5.41, 5.74) is 2.20. The summed E-state index contributed by atoms with van der Waals surface area (Å²) >= 11 is 0. The van der Waals surface area contributed by atoms with E-state index in [4.69, 9.17) is 4.74 Å². The Balaban J connectivity index is 1.81. The van der Waals surface area contributed by atoms with Crippen LogP contribution in [0.1, 0.15) is 32.0 Å². The Morgan fingerprint density at radius 2 is 1.88 bits per heavy atom. The lowest BCUT2D eigenvalue weighted by molar-refractivity contribution is -0.116. The normalized spacial score (nSPS) is 11.8. The summed E-state index contributed by atoms with van der Waals surface area (Å²) in [6, 6.07) is 12.2. The molecular weight excluding hydrogens is 428 g/mol. The quantitative estimate of drug-likeness (QED) is 0.500. The number of aromatic nitrogens is 2. The van der Waals surface area contributed by atoms with Gasteiger partial charge < -0.3 is 14.6 Å². The molecule has 0 spiro atoms. The number of hydrogen-bond donors (Lipinski definition) is 1. The second kappa shape index (κ2) is 10.1. The predicted molar refractivity (Wildman–Crippen MR) is 125 cm³/mol. The average molecular weight is 459 g/mol. The molecule has 8 nitrogen and oxygen atoms in total. The van der Waals surface area contributed by atoms with Crippen molar-refractivity contribution >= 4 is 32.7 Å². The lowest BCUT2D eigenvalue weighted by Gasteiger charge is -2.11. The molecule has 0 aliphatic heterocycles. The van der Waals surface area contributed by atoms with E-state index in [1.54, 1.807) is 49.6 Å². The molecule has 0 aliphatic rings. The van der Waals surface area contributed by atoms with Crippen molar-refractivity contribution in [3.05, 3.63) is 48.3 Å². The SMILES string of the molecule is CCCCn1c(CCC(=O)Nc2ccc(OC)cc2)nc2cc(S(=O)(=O)N(C)C)ccc21. The number of sulfonamides is 1. The number of unbranched alkanes of at least 4 members (excludes halogenated alkanes) is 1. The molecular formula is C23H30N4O4S. The summed E-state index contributed by atoms with van der Waals surface area (Å²) in [7, 11) is 1.06. The van der Waals surface area contributed by atoms with Crippen molar-refractivity contribution in [2.45, 2.75) is 44.0 Å². The van der Waals surface area contributed by atoms with Crippen LogP contribution in [0.5, 0.6) is 5.75 Å². The van der Waals surface area contributed by atoms with E-state index in [2.05, 4.69) is 21.8 Å². The number of carbonyl (C=O) groups excluding carboxylic acids is 1. The van der Waals surface area contributed by atoms with Crippen LogP contribution in [-0.4, -0.2) is 49.4 Å². The van der Waals surface area contributed by atoms with Crippen LogP contribution in [0.25, 0.3) is 11.0 Å². The first-order valence-electron chi connectivity index (χ1n) is 10.6. The molecule has 0 aliphatic carbocycles. The van der Waals surface area contributed by atoms with Crippen molar-refractivity contribution < 1.29 is 17.9 Å². The van der Waals surface area contributed by atoms with Crippen LogP contribution >= 0.6 is 0 Å². The van der Waals surface area contributed by atoms with E-state index in [1.165, 1.54) is 18.4 Å². The summed E-state index contributed by atoms with van der Waals surface area (Å²) in [6.07, 6.45) is 2.71. The first-order chi connectivity index (χ1) is 15.3. The zero-order chi connectivity index (χ0) is 23.3. The molecule has 9 heteroatoms. The number of imidazole rings is 1. The molecule has 0 bridgehead atoms. The zero-order valence-electron chi connectivity index (χ0n) is 19.0. The van der Waals surface area contributed by atoms with Crippen molar-refractivity contribution in [2.24, 2.45) is 0 Å². The number of hydrogen-bond acceptors (Lipinski definition) is 5. The van der Waals surface area contributed by atoms with Crippen LogP contribution in [0.4, 0.5) is 5.69 Å². The number of methoxy groups -OCH3 is 1. The Morgan fingerprint density at radius 1 is 1.16 bits per heavy atom.